The molecule has 0 aliphatic carbocycles. The van der Waals surface area contributed by atoms with Crippen molar-refractivity contribution in [2.45, 2.75) is 10.8 Å². The number of thioether (sulfide) groups is 1. The van der Waals surface area contributed by atoms with Crippen molar-refractivity contribution in [3.8, 4) is 5.75 Å². The van der Waals surface area contributed by atoms with Crippen molar-refractivity contribution in [1.82, 2.24) is 9.97 Å². The second-order valence-electron chi connectivity index (χ2n) is 6.87. The molecule has 3 aromatic rings. The lowest BCUT2D eigenvalue weighted by molar-refractivity contribution is 0.413. The number of aromatic nitrogens is 2. The zero-order chi connectivity index (χ0) is 20.9. The zero-order valence-electron chi connectivity index (χ0n) is 16.6. The van der Waals surface area contributed by atoms with Crippen LogP contribution in [0.25, 0.3) is 0 Å². The maximum Gasteiger partial charge on any atom is 0.161 e. The fourth-order valence-corrected chi connectivity index (χ4v) is 4.40. The SMILES string of the molecule is COc1ccccc1N1CCN(c2nccnc2SCc2ccc(F)c(F)c2)CC1. The molecular formula is C22H22F2N4OS. The van der Waals surface area contributed by atoms with E-state index in [2.05, 4.69) is 25.8 Å². The molecule has 0 spiro atoms. The van der Waals surface area contributed by atoms with E-state index in [1.807, 2.05) is 18.2 Å². The van der Waals surface area contributed by atoms with Gasteiger partial charge >= 0.3 is 0 Å². The van der Waals surface area contributed by atoms with Gasteiger partial charge in [-0.2, -0.15) is 0 Å². The molecule has 30 heavy (non-hydrogen) atoms. The average molecular weight is 429 g/mol. The van der Waals surface area contributed by atoms with Crippen LogP contribution in [-0.4, -0.2) is 43.3 Å². The van der Waals surface area contributed by atoms with Crippen molar-refractivity contribution < 1.29 is 13.5 Å². The summed E-state index contributed by atoms with van der Waals surface area (Å²) in [5.41, 5.74) is 1.79. The minimum Gasteiger partial charge on any atom is -0.495 e. The highest BCUT2D eigenvalue weighted by atomic mass is 32.2. The first-order valence-corrected chi connectivity index (χ1v) is 10.6. The van der Waals surface area contributed by atoms with Gasteiger partial charge < -0.3 is 14.5 Å². The second-order valence-corrected chi connectivity index (χ2v) is 7.83. The van der Waals surface area contributed by atoms with Crippen LogP contribution in [0.5, 0.6) is 5.75 Å². The van der Waals surface area contributed by atoms with Gasteiger partial charge in [-0.3, -0.25) is 0 Å². The average Bonchev–Trinajstić information content (AvgIpc) is 2.80. The molecule has 0 amide bonds. The van der Waals surface area contributed by atoms with Crippen LogP contribution in [0.2, 0.25) is 0 Å². The van der Waals surface area contributed by atoms with Crippen molar-refractivity contribution in [2.24, 2.45) is 0 Å². The minimum atomic E-state index is -0.836. The van der Waals surface area contributed by atoms with Crippen LogP contribution in [0.4, 0.5) is 20.3 Å². The maximum absolute atomic E-state index is 13.5. The Morgan fingerprint density at radius 3 is 2.43 bits per heavy atom. The molecular weight excluding hydrogens is 406 g/mol. The highest BCUT2D eigenvalue weighted by Gasteiger charge is 2.22. The summed E-state index contributed by atoms with van der Waals surface area (Å²) in [6.45, 7) is 3.28. The number of hydrogen-bond acceptors (Lipinski definition) is 6. The van der Waals surface area contributed by atoms with Gasteiger partial charge in [-0.15, -0.1) is 0 Å². The number of anilines is 2. The number of halogens is 2. The number of nitrogens with zero attached hydrogens (tertiary/aromatic N) is 4. The Morgan fingerprint density at radius 1 is 0.933 bits per heavy atom. The molecule has 0 saturated carbocycles. The lowest BCUT2D eigenvalue weighted by Crippen LogP contribution is -2.47. The van der Waals surface area contributed by atoms with Gasteiger partial charge in [-0.25, -0.2) is 18.7 Å². The molecule has 8 heteroatoms. The van der Waals surface area contributed by atoms with Crippen molar-refractivity contribution in [3.05, 3.63) is 72.1 Å². The third-order valence-electron chi connectivity index (χ3n) is 5.01. The molecule has 156 valence electrons. The highest BCUT2D eigenvalue weighted by molar-refractivity contribution is 7.98. The molecule has 0 radical (unpaired) electrons. The van der Waals surface area contributed by atoms with Crippen LogP contribution in [0, 0.1) is 11.6 Å². The zero-order valence-corrected chi connectivity index (χ0v) is 17.4. The van der Waals surface area contributed by atoms with E-state index in [1.165, 1.54) is 17.8 Å². The molecule has 1 saturated heterocycles. The van der Waals surface area contributed by atoms with Gasteiger partial charge in [0.25, 0.3) is 0 Å². The van der Waals surface area contributed by atoms with E-state index in [1.54, 1.807) is 25.6 Å². The third-order valence-corrected chi connectivity index (χ3v) is 6.05. The van der Waals surface area contributed by atoms with E-state index in [0.29, 0.717) is 11.3 Å². The fourth-order valence-electron chi connectivity index (χ4n) is 3.47. The molecule has 5 nitrogen and oxygen atoms in total. The predicted octanol–water partition coefficient (Wildman–Crippen LogP) is 4.38. The molecule has 0 unspecified atom stereocenters. The van der Waals surface area contributed by atoms with Crippen molar-refractivity contribution in [1.29, 1.82) is 0 Å². The number of benzene rings is 2. The Morgan fingerprint density at radius 2 is 1.67 bits per heavy atom. The minimum absolute atomic E-state index is 0.490. The smallest absolute Gasteiger partial charge is 0.161 e. The standard InChI is InChI=1S/C22H22F2N4OS/c1-29-20-5-3-2-4-19(20)27-10-12-28(13-11-27)21-22(26-9-8-25-21)30-15-16-6-7-17(23)18(24)14-16/h2-9,14H,10-13,15H2,1H3. The summed E-state index contributed by atoms with van der Waals surface area (Å²) in [6.07, 6.45) is 3.34. The van der Waals surface area contributed by atoms with Crippen LogP contribution in [0.3, 0.4) is 0 Å². The summed E-state index contributed by atoms with van der Waals surface area (Å²) < 4.78 is 32.1. The largest absolute Gasteiger partial charge is 0.495 e. The van der Waals surface area contributed by atoms with E-state index in [9.17, 15) is 8.78 Å². The summed E-state index contributed by atoms with van der Waals surface area (Å²) in [5, 5.41) is 0.785. The van der Waals surface area contributed by atoms with E-state index in [-0.39, 0.29) is 0 Å². The first-order valence-electron chi connectivity index (χ1n) is 9.66. The van der Waals surface area contributed by atoms with E-state index in [0.717, 1.165) is 54.5 Å². The molecule has 1 aromatic heterocycles. The molecule has 4 rings (SSSR count). The van der Waals surface area contributed by atoms with Crippen molar-refractivity contribution in [2.75, 3.05) is 43.1 Å². The summed E-state index contributed by atoms with van der Waals surface area (Å²) in [6, 6.07) is 12.0. The number of piperazine rings is 1. The summed E-state index contributed by atoms with van der Waals surface area (Å²) in [5.74, 6) is 0.513. The summed E-state index contributed by atoms with van der Waals surface area (Å²) in [4.78, 5) is 13.5. The third kappa shape index (κ3) is 4.48. The predicted molar refractivity (Wildman–Crippen MR) is 115 cm³/mol. The van der Waals surface area contributed by atoms with E-state index < -0.39 is 11.6 Å². The van der Waals surface area contributed by atoms with Crippen LogP contribution in [0.1, 0.15) is 5.56 Å². The molecule has 0 bridgehead atoms. The Labute approximate surface area is 178 Å². The summed E-state index contributed by atoms with van der Waals surface area (Å²) >= 11 is 1.47. The Hall–Kier alpha value is -2.87. The number of rotatable bonds is 6. The van der Waals surface area contributed by atoms with Gasteiger partial charge in [-0.05, 0) is 29.8 Å². The molecule has 0 atom stereocenters. The van der Waals surface area contributed by atoms with Crippen LogP contribution in [0.15, 0.2) is 59.9 Å². The Bertz CT molecular complexity index is 1010. The van der Waals surface area contributed by atoms with Crippen molar-refractivity contribution >= 4 is 23.3 Å². The highest BCUT2D eigenvalue weighted by Crippen LogP contribution is 2.32. The Balaban J connectivity index is 1.43. The topological polar surface area (TPSA) is 41.5 Å². The number of hydrogen-bond donors (Lipinski definition) is 0. The first-order chi connectivity index (χ1) is 14.7. The van der Waals surface area contributed by atoms with Gasteiger partial charge in [0.1, 0.15) is 10.8 Å². The van der Waals surface area contributed by atoms with Gasteiger partial charge in [0.2, 0.25) is 0 Å². The van der Waals surface area contributed by atoms with Gasteiger partial charge in [0, 0.05) is 44.3 Å². The van der Waals surface area contributed by atoms with Gasteiger partial charge in [-0.1, -0.05) is 30.0 Å². The lowest BCUT2D eigenvalue weighted by Gasteiger charge is -2.37. The molecule has 2 heterocycles. The normalized spacial score (nSPS) is 14.1. The first kappa shape index (κ1) is 20.4. The van der Waals surface area contributed by atoms with Crippen LogP contribution >= 0.6 is 11.8 Å². The monoisotopic (exact) mass is 428 g/mol. The molecule has 1 aliphatic rings. The number of para-hydroxylation sites is 2. The second kappa shape index (κ2) is 9.30. The maximum atomic E-state index is 13.5. The summed E-state index contributed by atoms with van der Waals surface area (Å²) in [7, 11) is 1.69. The van der Waals surface area contributed by atoms with Crippen LogP contribution in [-0.2, 0) is 5.75 Å². The van der Waals surface area contributed by atoms with E-state index >= 15 is 0 Å². The quantitative estimate of drug-likeness (QED) is 0.543. The Kier molecular flexibility index (Phi) is 6.32. The number of ether oxygens (including phenoxy) is 1. The number of methoxy groups -OCH3 is 1. The lowest BCUT2D eigenvalue weighted by atomic mass is 10.2. The van der Waals surface area contributed by atoms with E-state index in [4.69, 9.17) is 4.74 Å². The fraction of sp³-hybridized carbons (Fsp3) is 0.273. The molecule has 1 aliphatic heterocycles. The molecule has 0 N–H and O–H groups in total. The van der Waals surface area contributed by atoms with Crippen LogP contribution < -0.4 is 14.5 Å². The molecule has 1 fully saturated rings. The van der Waals surface area contributed by atoms with Gasteiger partial charge in [0.05, 0.1) is 12.8 Å². The molecule has 2 aromatic carbocycles. The van der Waals surface area contributed by atoms with Crippen molar-refractivity contribution in [3.63, 3.8) is 0 Å². The van der Waals surface area contributed by atoms with Gasteiger partial charge in [0.15, 0.2) is 17.5 Å².